The highest BCUT2D eigenvalue weighted by Gasteiger charge is 2.11. The third-order valence-corrected chi connectivity index (χ3v) is 4.77. The SMILES string of the molecule is O=C(NCc1nc(-c2cc[nH]c(=O)c2)no1)c1ccc(-c2cccs2)cc1. The molecule has 7 nitrogen and oxygen atoms in total. The van der Waals surface area contributed by atoms with Crippen LogP contribution < -0.4 is 10.9 Å². The number of carbonyl (C=O) groups excluding carboxylic acids is 1. The Balaban J connectivity index is 1.40. The Labute approximate surface area is 157 Å². The normalized spacial score (nSPS) is 10.7. The van der Waals surface area contributed by atoms with Crippen molar-refractivity contribution in [3.8, 4) is 21.8 Å². The van der Waals surface area contributed by atoms with Crippen molar-refractivity contribution in [2.75, 3.05) is 0 Å². The van der Waals surface area contributed by atoms with Gasteiger partial charge in [0.2, 0.25) is 17.3 Å². The van der Waals surface area contributed by atoms with E-state index in [2.05, 4.69) is 20.4 Å². The first-order valence-electron chi connectivity index (χ1n) is 8.13. The summed E-state index contributed by atoms with van der Waals surface area (Å²) in [5.41, 5.74) is 1.91. The van der Waals surface area contributed by atoms with Gasteiger partial charge in [-0.3, -0.25) is 9.59 Å². The third kappa shape index (κ3) is 3.85. The lowest BCUT2D eigenvalue weighted by Crippen LogP contribution is -2.22. The molecular formula is C19H14N4O3S. The molecule has 3 heterocycles. The van der Waals surface area contributed by atoms with Crippen LogP contribution >= 0.6 is 11.3 Å². The molecule has 8 heteroatoms. The number of aromatic nitrogens is 3. The van der Waals surface area contributed by atoms with E-state index in [0.717, 1.165) is 10.4 Å². The first-order valence-corrected chi connectivity index (χ1v) is 9.01. The second-order valence-electron chi connectivity index (χ2n) is 5.69. The molecule has 3 aromatic heterocycles. The summed E-state index contributed by atoms with van der Waals surface area (Å²) in [6.07, 6.45) is 1.51. The highest BCUT2D eigenvalue weighted by Crippen LogP contribution is 2.24. The summed E-state index contributed by atoms with van der Waals surface area (Å²) < 4.78 is 5.13. The van der Waals surface area contributed by atoms with Crippen LogP contribution in [-0.4, -0.2) is 21.0 Å². The van der Waals surface area contributed by atoms with Gasteiger partial charge in [0.25, 0.3) is 5.91 Å². The molecule has 1 amide bonds. The fourth-order valence-corrected chi connectivity index (χ4v) is 3.25. The standard InChI is InChI=1S/C19H14N4O3S/c24-16-10-14(7-8-20-16)18-22-17(26-23-18)11-21-19(25)13-5-3-12(4-6-13)15-2-1-9-27-15/h1-10H,11H2,(H,20,24)(H,21,25). The van der Waals surface area contributed by atoms with E-state index in [1.54, 1.807) is 29.5 Å². The van der Waals surface area contributed by atoms with Gasteiger partial charge in [-0.2, -0.15) is 4.98 Å². The maximum Gasteiger partial charge on any atom is 0.251 e. The average Bonchev–Trinajstić information content (AvgIpc) is 3.38. The molecular weight excluding hydrogens is 364 g/mol. The van der Waals surface area contributed by atoms with Crippen molar-refractivity contribution in [1.29, 1.82) is 0 Å². The van der Waals surface area contributed by atoms with Gasteiger partial charge in [0.05, 0.1) is 6.54 Å². The quantitative estimate of drug-likeness (QED) is 0.556. The first kappa shape index (κ1) is 16.9. The predicted octanol–water partition coefficient (Wildman–Crippen LogP) is 3.08. The van der Waals surface area contributed by atoms with Crippen LogP contribution in [-0.2, 0) is 6.54 Å². The summed E-state index contributed by atoms with van der Waals surface area (Å²) in [4.78, 5) is 31.5. The van der Waals surface area contributed by atoms with E-state index < -0.39 is 0 Å². The molecule has 0 saturated carbocycles. The van der Waals surface area contributed by atoms with Crippen LogP contribution in [0.15, 0.2) is 69.4 Å². The number of carbonyl (C=O) groups is 1. The van der Waals surface area contributed by atoms with Crippen LogP contribution in [0.2, 0.25) is 0 Å². The fraction of sp³-hybridized carbons (Fsp3) is 0.0526. The minimum absolute atomic E-state index is 0.0989. The van der Waals surface area contributed by atoms with Gasteiger partial charge in [-0.05, 0) is 35.2 Å². The number of nitrogens with one attached hydrogen (secondary N) is 2. The average molecular weight is 378 g/mol. The Morgan fingerprint density at radius 3 is 2.74 bits per heavy atom. The van der Waals surface area contributed by atoms with Crippen molar-refractivity contribution in [1.82, 2.24) is 20.4 Å². The van der Waals surface area contributed by atoms with Gasteiger partial charge in [-0.15, -0.1) is 11.3 Å². The Bertz CT molecular complexity index is 1110. The summed E-state index contributed by atoms with van der Waals surface area (Å²) in [5, 5.41) is 8.59. The van der Waals surface area contributed by atoms with Crippen molar-refractivity contribution in [3.63, 3.8) is 0 Å². The fourth-order valence-electron chi connectivity index (χ4n) is 2.51. The number of amides is 1. The zero-order chi connectivity index (χ0) is 18.6. The molecule has 0 aliphatic heterocycles. The zero-order valence-electron chi connectivity index (χ0n) is 14.0. The van der Waals surface area contributed by atoms with Crippen LogP contribution in [0.3, 0.4) is 0 Å². The smallest absolute Gasteiger partial charge is 0.251 e. The van der Waals surface area contributed by atoms with E-state index in [0.29, 0.717) is 17.0 Å². The first-order chi connectivity index (χ1) is 13.2. The van der Waals surface area contributed by atoms with Gasteiger partial charge in [0, 0.05) is 28.3 Å². The van der Waals surface area contributed by atoms with E-state index in [-0.39, 0.29) is 23.9 Å². The Morgan fingerprint density at radius 1 is 1.15 bits per heavy atom. The maximum atomic E-state index is 12.3. The van der Waals surface area contributed by atoms with Crippen LogP contribution in [0.25, 0.3) is 21.8 Å². The number of rotatable bonds is 5. The lowest BCUT2D eigenvalue weighted by atomic mass is 10.1. The minimum atomic E-state index is -0.252. The van der Waals surface area contributed by atoms with Gasteiger partial charge in [-0.1, -0.05) is 23.4 Å². The monoisotopic (exact) mass is 378 g/mol. The maximum absolute atomic E-state index is 12.3. The molecule has 2 N–H and O–H groups in total. The largest absolute Gasteiger partial charge is 0.343 e. The zero-order valence-corrected chi connectivity index (χ0v) is 14.8. The van der Waals surface area contributed by atoms with E-state index >= 15 is 0 Å². The van der Waals surface area contributed by atoms with Gasteiger partial charge < -0.3 is 14.8 Å². The number of aromatic amines is 1. The Hall–Kier alpha value is -3.52. The van der Waals surface area contributed by atoms with Gasteiger partial charge >= 0.3 is 0 Å². The summed E-state index contributed by atoms with van der Waals surface area (Å²) in [6.45, 7) is 0.0989. The predicted molar refractivity (Wildman–Crippen MR) is 101 cm³/mol. The molecule has 0 aliphatic carbocycles. The van der Waals surface area contributed by atoms with Crippen LogP contribution in [0.1, 0.15) is 16.2 Å². The molecule has 0 fully saturated rings. The molecule has 0 unspecified atom stereocenters. The van der Waals surface area contributed by atoms with E-state index in [1.807, 2.05) is 29.6 Å². The number of hydrogen-bond acceptors (Lipinski definition) is 6. The number of benzene rings is 1. The molecule has 0 saturated heterocycles. The molecule has 0 aliphatic rings. The van der Waals surface area contributed by atoms with Crippen molar-refractivity contribution >= 4 is 17.2 Å². The van der Waals surface area contributed by atoms with Gasteiger partial charge in [-0.25, -0.2) is 0 Å². The molecule has 1 aromatic carbocycles. The second-order valence-corrected chi connectivity index (χ2v) is 6.64. The topological polar surface area (TPSA) is 101 Å². The van der Waals surface area contributed by atoms with Crippen molar-refractivity contribution in [2.24, 2.45) is 0 Å². The molecule has 0 spiro atoms. The van der Waals surface area contributed by atoms with Crippen LogP contribution in [0.5, 0.6) is 0 Å². The Kier molecular flexibility index (Phi) is 4.63. The highest BCUT2D eigenvalue weighted by molar-refractivity contribution is 7.13. The van der Waals surface area contributed by atoms with Crippen LogP contribution in [0.4, 0.5) is 0 Å². The molecule has 0 atom stereocenters. The van der Waals surface area contributed by atoms with E-state index in [1.165, 1.54) is 12.3 Å². The molecule has 134 valence electrons. The second kappa shape index (κ2) is 7.38. The summed E-state index contributed by atoms with van der Waals surface area (Å²) in [7, 11) is 0. The lowest BCUT2D eigenvalue weighted by Gasteiger charge is -2.03. The number of H-pyrrole nitrogens is 1. The summed E-state index contributed by atoms with van der Waals surface area (Å²) in [6, 6.07) is 14.5. The number of pyridine rings is 1. The molecule has 0 bridgehead atoms. The minimum Gasteiger partial charge on any atom is -0.343 e. The Morgan fingerprint density at radius 2 is 2.00 bits per heavy atom. The molecule has 0 radical (unpaired) electrons. The molecule has 4 aromatic rings. The van der Waals surface area contributed by atoms with Gasteiger partial charge in [0.1, 0.15) is 0 Å². The number of hydrogen-bond donors (Lipinski definition) is 2. The van der Waals surface area contributed by atoms with Crippen molar-refractivity contribution in [3.05, 3.63) is 81.9 Å². The number of thiophene rings is 1. The lowest BCUT2D eigenvalue weighted by molar-refractivity contribution is 0.0946. The van der Waals surface area contributed by atoms with E-state index in [4.69, 9.17) is 4.52 Å². The number of nitrogens with zero attached hydrogens (tertiary/aromatic N) is 2. The highest BCUT2D eigenvalue weighted by atomic mass is 32.1. The van der Waals surface area contributed by atoms with Crippen molar-refractivity contribution < 1.29 is 9.32 Å². The molecule has 4 rings (SSSR count). The van der Waals surface area contributed by atoms with Crippen LogP contribution in [0, 0.1) is 0 Å². The molecule has 27 heavy (non-hydrogen) atoms. The summed E-state index contributed by atoms with van der Waals surface area (Å²) in [5.74, 6) is 0.322. The van der Waals surface area contributed by atoms with Crippen molar-refractivity contribution in [2.45, 2.75) is 6.54 Å². The summed E-state index contributed by atoms with van der Waals surface area (Å²) >= 11 is 1.65. The third-order valence-electron chi connectivity index (χ3n) is 3.85. The van der Waals surface area contributed by atoms with Gasteiger partial charge in [0.15, 0.2) is 0 Å². The van der Waals surface area contributed by atoms with E-state index in [9.17, 15) is 9.59 Å².